The normalized spacial score (nSPS) is 15.4. The first-order valence-electron chi connectivity index (χ1n) is 14.3. The number of anilines is 3. The first-order valence-corrected chi connectivity index (χ1v) is 18.9. The summed E-state index contributed by atoms with van der Waals surface area (Å²) in [6, 6.07) is 0.311. The van der Waals surface area contributed by atoms with Gasteiger partial charge >= 0.3 is 12.4 Å². The van der Waals surface area contributed by atoms with Crippen LogP contribution in [0.2, 0.25) is 25.7 Å². The van der Waals surface area contributed by atoms with Gasteiger partial charge in [-0.3, -0.25) is 14.5 Å². The molecular weight excluding hydrogens is 658 g/mol. The predicted octanol–water partition coefficient (Wildman–Crippen LogP) is 5.13. The van der Waals surface area contributed by atoms with E-state index in [4.69, 9.17) is 4.74 Å². The number of alkyl halides is 6. The number of halogens is 6. The summed E-state index contributed by atoms with van der Waals surface area (Å²) >= 11 is 1.25. The topological polar surface area (TPSA) is 118 Å². The van der Waals surface area contributed by atoms with E-state index >= 15 is 0 Å². The highest BCUT2D eigenvalue weighted by molar-refractivity contribution is 7.15. The summed E-state index contributed by atoms with van der Waals surface area (Å²) in [5.74, 6) is -0.330. The van der Waals surface area contributed by atoms with Crippen LogP contribution in [-0.4, -0.2) is 71.0 Å². The highest BCUT2D eigenvalue weighted by Crippen LogP contribution is 2.33. The molecule has 3 aromatic rings. The van der Waals surface area contributed by atoms with Gasteiger partial charge in [-0.1, -0.05) is 19.6 Å². The summed E-state index contributed by atoms with van der Waals surface area (Å²) in [6.07, 6.45) is -4.77. The second-order valence-corrected chi connectivity index (χ2v) is 18.7. The minimum atomic E-state index is -4.91. The lowest BCUT2D eigenvalue weighted by Crippen LogP contribution is -2.51. The molecule has 1 N–H and O–H groups in total. The van der Waals surface area contributed by atoms with Crippen molar-refractivity contribution >= 4 is 42.1 Å². The average Bonchev–Trinajstić information content (AvgIpc) is 3.42. The standard InChI is InChI=1S/C27H34F6N8O3SSi/c1-17(38-20-14-37-41(16-44-9-10-46(2,3)4)23(43)22(20)27(31,32)33)5-6-19-13-36-25(45-19)40-8-7-39(15-21(40)42)24-34-11-18(12-35-24)26(28,29)30/h11-14,17,38H,5-10,15-16H2,1-4H3. The van der Waals surface area contributed by atoms with Crippen LogP contribution in [0, 0.1) is 0 Å². The van der Waals surface area contributed by atoms with E-state index in [0.717, 1.165) is 17.1 Å². The minimum absolute atomic E-state index is 0.00863. The summed E-state index contributed by atoms with van der Waals surface area (Å²) < 4.78 is 86.2. The van der Waals surface area contributed by atoms with Gasteiger partial charge in [0.1, 0.15) is 18.8 Å². The Hall–Kier alpha value is -3.58. The number of carbonyl (C=O) groups excluding carboxylic acids is 1. The lowest BCUT2D eigenvalue weighted by molar-refractivity contribution is -0.139. The fourth-order valence-corrected chi connectivity index (χ4v) is 6.13. The van der Waals surface area contributed by atoms with Gasteiger partial charge in [0.05, 0.1) is 17.4 Å². The summed E-state index contributed by atoms with van der Waals surface area (Å²) in [5.41, 5.74) is -4.05. The number of hydrogen-bond donors (Lipinski definition) is 1. The molecule has 0 radical (unpaired) electrons. The molecule has 11 nitrogen and oxygen atoms in total. The number of thiazole rings is 1. The molecule has 1 aliphatic rings. The number of carbonyl (C=O) groups is 1. The Morgan fingerprint density at radius 2 is 1.70 bits per heavy atom. The second-order valence-electron chi connectivity index (χ2n) is 12.0. The lowest BCUT2D eigenvalue weighted by Gasteiger charge is -2.32. The van der Waals surface area contributed by atoms with E-state index in [1.54, 1.807) is 13.1 Å². The number of hydrogen-bond acceptors (Lipinski definition) is 10. The number of amides is 1. The van der Waals surface area contributed by atoms with Gasteiger partial charge in [0.25, 0.3) is 5.56 Å². The summed E-state index contributed by atoms with van der Waals surface area (Å²) in [5, 5.41) is 7.07. The molecule has 4 rings (SSSR count). The predicted molar refractivity (Wildman–Crippen MR) is 163 cm³/mol. The number of nitrogens with one attached hydrogen (secondary N) is 1. The third-order valence-electron chi connectivity index (χ3n) is 7.00. The van der Waals surface area contributed by atoms with Crippen LogP contribution in [0.3, 0.4) is 0 Å². The van der Waals surface area contributed by atoms with Crippen molar-refractivity contribution in [3.05, 3.63) is 51.1 Å². The van der Waals surface area contributed by atoms with Crippen molar-refractivity contribution in [3.8, 4) is 0 Å². The fourth-order valence-electron chi connectivity index (χ4n) is 4.40. The summed E-state index contributed by atoms with van der Waals surface area (Å²) in [6.45, 7) is 8.35. The number of ether oxygens (including phenoxy) is 1. The van der Waals surface area contributed by atoms with Crippen molar-refractivity contribution in [2.24, 2.45) is 0 Å². The van der Waals surface area contributed by atoms with Gasteiger partial charge in [-0.05, 0) is 25.8 Å². The van der Waals surface area contributed by atoms with Crippen molar-refractivity contribution in [2.45, 2.75) is 70.6 Å². The first kappa shape index (κ1) is 35.3. The molecule has 0 aliphatic carbocycles. The molecule has 1 amide bonds. The van der Waals surface area contributed by atoms with Crippen LogP contribution in [-0.2, 0) is 35.0 Å². The molecule has 0 bridgehead atoms. The van der Waals surface area contributed by atoms with Gasteiger partial charge in [0.15, 0.2) is 5.13 Å². The third kappa shape index (κ3) is 9.24. The van der Waals surface area contributed by atoms with Crippen molar-refractivity contribution in [2.75, 3.05) is 41.4 Å². The Balaban J connectivity index is 1.33. The number of nitrogens with zero attached hydrogens (tertiary/aromatic N) is 7. The van der Waals surface area contributed by atoms with Gasteiger partial charge in [-0.15, -0.1) is 11.3 Å². The maximum Gasteiger partial charge on any atom is 0.423 e. The zero-order valence-electron chi connectivity index (χ0n) is 25.6. The van der Waals surface area contributed by atoms with Gasteiger partial charge < -0.3 is 15.0 Å². The molecule has 1 aliphatic heterocycles. The average molecular weight is 693 g/mol. The zero-order chi connectivity index (χ0) is 33.9. The van der Waals surface area contributed by atoms with Crippen LogP contribution in [0.4, 0.5) is 43.1 Å². The fraction of sp³-hybridized carbons (Fsp3) is 0.556. The molecule has 3 aromatic heterocycles. The van der Waals surface area contributed by atoms with Crippen LogP contribution in [0.1, 0.15) is 29.3 Å². The molecule has 1 fully saturated rings. The van der Waals surface area contributed by atoms with E-state index in [9.17, 15) is 35.9 Å². The van der Waals surface area contributed by atoms with Crippen LogP contribution in [0.15, 0.2) is 29.6 Å². The van der Waals surface area contributed by atoms with E-state index in [2.05, 4.69) is 45.0 Å². The van der Waals surface area contributed by atoms with E-state index in [-0.39, 0.29) is 38.2 Å². The Morgan fingerprint density at radius 1 is 1.00 bits per heavy atom. The van der Waals surface area contributed by atoms with E-state index in [0.29, 0.717) is 41.7 Å². The molecule has 1 unspecified atom stereocenters. The van der Waals surface area contributed by atoms with E-state index in [1.807, 2.05) is 0 Å². The smallest absolute Gasteiger partial charge is 0.381 e. The summed E-state index contributed by atoms with van der Waals surface area (Å²) in [4.78, 5) is 41.1. The quantitative estimate of drug-likeness (QED) is 0.157. The Morgan fingerprint density at radius 3 is 2.30 bits per heavy atom. The van der Waals surface area contributed by atoms with Crippen LogP contribution in [0.5, 0.6) is 0 Å². The second kappa shape index (κ2) is 14.0. The van der Waals surface area contributed by atoms with Crippen molar-refractivity contribution < 1.29 is 35.9 Å². The molecule has 19 heteroatoms. The Kier molecular flexibility index (Phi) is 10.8. The van der Waals surface area contributed by atoms with Crippen molar-refractivity contribution in [3.63, 3.8) is 0 Å². The van der Waals surface area contributed by atoms with E-state index < -0.39 is 48.8 Å². The Labute approximate surface area is 265 Å². The molecule has 4 heterocycles. The van der Waals surface area contributed by atoms with Gasteiger partial charge in [0.2, 0.25) is 11.9 Å². The third-order valence-corrected chi connectivity index (χ3v) is 9.79. The zero-order valence-corrected chi connectivity index (χ0v) is 27.4. The molecule has 252 valence electrons. The lowest BCUT2D eigenvalue weighted by atomic mass is 10.1. The van der Waals surface area contributed by atoms with Crippen molar-refractivity contribution in [1.29, 1.82) is 0 Å². The monoisotopic (exact) mass is 692 g/mol. The number of aryl methyl sites for hydroxylation is 1. The van der Waals surface area contributed by atoms with Crippen LogP contribution >= 0.6 is 11.3 Å². The number of piperazine rings is 1. The molecule has 1 atom stereocenters. The molecule has 0 saturated carbocycles. The molecule has 0 aromatic carbocycles. The minimum Gasteiger partial charge on any atom is -0.381 e. The molecule has 1 saturated heterocycles. The summed E-state index contributed by atoms with van der Waals surface area (Å²) in [7, 11) is -1.42. The molecule has 46 heavy (non-hydrogen) atoms. The van der Waals surface area contributed by atoms with E-state index in [1.165, 1.54) is 21.1 Å². The maximum atomic E-state index is 13.9. The van der Waals surface area contributed by atoms with Crippen LogP contribution in [0.25, 0.3) is 0 Å². The van der Waals surface area contributed by atoms with Gasteiger partial charge in [-0.25, -0.2) is 19.6 Å². The SMILES string of the molecule is CC(CCc1cnc(N2CCN(c3ncc(C(F)(F)F)cn3)CC2=O)s1)Nc1cnn(COCC[Si](C)(C)C)c(=O)c1C(F)(F)F. The molecular formula is C27H34F6N8O3SSi. The number of aromatic nitrogens is 5. The first-order chi connectivity index (χ1) is 21.4. The molecule has 0 spiro atoms. The largest absolute Gasteiger partial charge is 0.423 e. The van der Waals surface area contributed by atoms with Gasteiger partial charge in [-0.2, -0.15) is 31.4 Å². The van der Waals surface area contributed by atoms with Gasteiger partial charge in [0, 0.05) is 57.3 Å². The maximum absolute atomic E-state index is 13.9. The van der Waals surface area contributed by atoms with Crippen molar-refractivity contribution in [1.82, 2.24) is 24.7 Å². The Bertz CT molecular complexity index is 1560. The highest BCUT2D eigenvalue weighted by atomic mass is 32.1. The highest BCUT2D eigenvalue weighted by Gasteiger charge is 2.39. The van der Waals surface area contributed by atoms with Crippen LogP contribution < -0.4 is 20.7 Å². The number of rotatable bonds is 12.